The molecule has 0 saturated heterocycles. The van der Waals surface area contributed by atoms with Crippen LogP contribution in [0.5, 0.6) is 0 Å². The van der Waals surface area contributed by atoms with Crippen molar-refractivity contribution in [1.82, 2.24) is 0 Å². The third-order valence-corrected chi connectivity index (χ3v) is 3.09. The molecule has 14 heavy (non-hydrogen) atoms. The lowest BCUT2D eigenvalue weighted by molar-refractivity contribution is -0.139. The summed E-state index contributed by atoms with van der Waals surface area (Å²) in [6.45, 7) is 2.75. The smallest absolute Gasteiger partial charge is 0.397 e. The van der Waals surface area contributed by atoms with Gasteiger partial charge in [0.05, 0.1) is 5.75 Å². The number of hydrogen-bond donors (Lipinski definition) is 2. The largest absolute Gasteiger partial charge is 0.480 e. The van der Waals surface area contributed by atoms with E-state index in [-0.39, 0.29) is 0 Å². The van der Waals surface area contributed by atoms with Gasteiger partial charge in [0.15, 0.2) is 0 Å². The summed E-state index contributed by atoms with van der Waals surface area (Å²) in [5, 5.41) is 8.53. The molecule has 84 valence electrons. The van der Waals surface area contributed by atoms with Crippen LogP contribution in [0.3, 0.4) is 0 Å². The van der Waals surface area contributed by atoms with Gasteiger partial charge in [-0.1, -0.05) is 0 Å². The molecule has 0 aromatic rings. The van der Waals surface area contributed by atoms with Crippen LogP contribution in [-0.2, 0) is 4.79 Å². The van der Waals surface area contributed by atoms with Gasteiger partial charge < -0.3 is 10.8 Å². The zero-order chi connectivity index (χ0) is 11.6. The van der Waals surface area contributed by atoms with Gasteiger partial charge in [-0.2, -0.15) is 13.2 Å². The lowest BCUT2D eigenvalue weighted by Gasteiger charge is -2.28. The second-order valence-electron chi connectivity index (χ2n) is 3.32. The van der Waals surface area contributed by atoms with Crippen molar-refractivity contribution in [2.24, 2.45) is 5.73 Å². The van der Waals surface area contributed by atoms with Gasteiger partial charge in [0.25, 0.3) is 0 Å². The highest BCUT2D eigenvalue weighted by Crippen LogP contribution is 2.32. The summed E-state index contributed by atoms with van der Waals surface area (Å²) >= 11 is 0.491. The molecule has 7 heteroatoms. The van der Waals surface area contributed by atoms with E-state index in [2.05, 4.69) is 0 Å². The van der Waals surface area contributed by atoms with Gasteiger partial charge in [-0.3, -0.25) is 4.79 Å². The first kappa shape index (κ1) is 13.6. The number of aliphatic carboxylic acids is 1. The fraction of sp³-hybridized carbons (Fsp3) is 0.857. The Kier molecular flexibility index (Phi) is 4.26. The Hall–Kier alpha value is -0.430. The number of carboxylic acid groups (broad SMARTS) is 1. The molecule has 3 nitrogen and oxygen atoms in total. The highest BCUT2D eigenvalue weighted by Gasteiger charge is 2.37. The first-order chi connectivity index (χ1) is 6.06. The minimum absolute atomic E-state index is 0.491. The Morgan fingerprint density at radius 3 is 2.21 bits per heavy atom. The van der Waals surface area contributed by atoms with Crippen molar-refractivity contribution in [3.05, 3.63) is 0 Å². The lowest BCUT2D eigenvalue weighted by atomic mass is 10.1. The average Bonchev–Trinajstić information content (AvgIpc) is 1.98. The number of carboxylic acids is 1. The van der Waals surface area contributed by atoms with Gasteiger partial charge in [0.1, 0.15) is 6.04 Å². The number of rotatable bonds is 4. The summed E-state index contributed by atoms with van der Waals surface area (Å²) in [5.74, 6) is -2.40. The molecule has 0 heterocycles. The summed E-state index contributed by atoms with van der Waals surface area (Å²) in [5.41, 5.74) is 5.24. The summed E-state index contributed by atoms with van der Waals surface area (Å²) in [6, 6.07) is -1.31. The van der Waals surface area contributed by atoms with Crippen molar-refractivity contribution < 1.29 is 23.1 Å². The van der Waals surface area contributed by atoms with Crippen molar-refractivity contribution in [1.29, 1.82) is 0 Å². The predicted molar refractivity (Wildman–Crippen MR) is 48.2 cm³/mol. The monoisotopic (exact) mass is 231 g/mol. The van der Waals surface area contributed by atoms with Crippen molar-refractivity contribution >= 4 is 17.7 Å². The van der Waals surface area contributed by atoms with Gasteiger partial charge in [0.2, 0.25) is 0 Å². The molecule has 1 atom stereocenters. The van der Waals surface area contributed by atoms with Crippen LogP contribution in [0.15, 0.2) is 0 Å². The van der Waals surface area contributed by atoms with E-state index in [1.807, 2.05) is 0 Å². The van der Waals surface area contributed by atoms with E-state index in [1.54, 1.807) is 0 Å². The van der Waals surface area contributed by atoms with Crippen LogP contribution in [0.2, 0.25) is 0 Å². The average molecular weight is 231 g/mol. The zero-order valence-corrected chi connectivity index (χ0v) is 8.58. The van der Waals surface area contributed by atoms with Crippen LogP contribution in [0, 0.1) is 0 Å². The predicted octanol–water partition coefficient (Wildman–Crippen LogP) is 1.47. The Labute approximate surface area is 83.8 Å². The van der Waals surface area contributed by atoms with Crippen LogP contribution in [0.4, 0.5) is 13.2 Å². The molecule has 0 spiro atoms. The van der Waals surface area contributed by atoms with E-state index in [1.165, 1.54) is 13.8 Å². The third-order valence-electron chi connectivity index (χ3n) is 1.62. The first-order valence-electron chi connectivity index (χ1n) is 3.75. The van der Waals surface area contributed by atoms with Crippen molar-refractivity contribution in [3.8, 4) is 0 Å². The Balaban J connectivity index is 4.27. The first-order valence-corrected chi connectivity index (χ1v) is 4.74. The minimum Gasteiger partial charge on any atom is -0.480 e. The van der Waals surface area contributed by atoms with E-state index in [0.29, 0.717) is 11.8 Å². The van der Waals surface area contributed by atoms with Crippen LogP contribution >= 0.6 is 11.8 Å². The molecule has 0 aliphatic rings. The van der Waals surface area contributed by atoms with Gasteiger partial charge in [-0.15, -0.1) is 11.8 Å². The Morgan fingerprint density at radius 2 is 1.93 bits per heavy atom. The van der Waals surface area contributed by atoms with Crippen LogP contribution in [0.1, 0.15) is 13.8 Å². The number of thioether (sulfide) groups is 1. The molecular weight excluding hydrogens is 219 g/mol. The SMILES string of the molecule is CC(C)(SCC(F)(F)F)[C@@H](N)C(=O)O. The standard InChI is InChI=1S/C7H12F3NO2S/c1-6(2,4(11)5(12)13)14-3-7(8,9)10/h4H,3,11H2,1-2H3,(H,12,13)/t4-/m0/s1. The molecule has 0 bridgehead atoms. The normalized spacial score (nSPS) is 15.3. The number of halogens is 3. The fourth-order valence-corrected chi connectivity index (χ4v) is 1.47. The lowest BCUT2D eigenvalue weighted by Crippen LogP contribution is -2.47. The zero-order valence-electron chi connectivity index (χ0n) is 7.76. The van der Waals surface area contributed by atoms with E-state index >= 15 is 0 Å². The number of alkyl halides is 3. The summed E-state index contributed by atoms with van der Waals surface area (Å²) < 4.78 is 34.4. The number of nitrogens with two attached hydrogens (primary N) is 1. The molecule has 0 aliphatic heterocycles. The van der Waals surface area contributed by atoms with Gasteiger partial charge in [0, 0.05) is 4.75 Å². The molecular formula is C7H12F3NO2S. The third kappa shape index (κ3) is 4.71. The van der Waals surface area contributed by atoms with Crippen LogP contribution in [0.25, 0.3) is 0 Å². The molecule has 0 unspecified atom stereocenters. The molecule has 0 radical (unpaired) electrons. The second kappa shape index (κ2) is 4.39. The van der Waals surface area contributed by atoms with E-state index in [9.17, 15) is 18.0 Å². The molecule has 0 aromatic heterocycles. The highest BCUT2D eigenvalue weighted by atomic mass is 32.2. The van der Waals surface area contributed by atoms with Crippen molar-refractivity contribution in [2.45, 2.75) is 30.8 Å². The fourth-order valence-electron chi connectivity index (χ4n) is 0.655. The van der Waals surface area contributed by atoms with Crippen molar-refractivity contribution in [3.63, 3.8) is 0 Å². The summed E-state index contributed by atoms with van der Waals surface area (Å²) in [4.78, 5) is 10.5. The summed E-state index contributed by atoms with van der Waals surface area (Å²) in [6.07, 6.45) is -4.31. The van der Waals surface area contributed by atoms with Gasteiger partial charge in [-0.05, 0) is 13.8 Å². The maximum absolute atomic E-state index is 11.8. The molecule has 3 N–H and O–H groups in total. The molecule has 0 rings (SSSR count). The van der Waals surface area contributed by atoms with E-state index < -0.39 is 28.7 Å². The van der Waals surface area contributed by atoms with Crippen LogP contribution < -0.4 is 5.73 Å². The number of carbonyl (C=O) groups is 1. The molecule has 0 aliphatic carbocycles. The molecule has 0 amide bonds. The maximum atomic E-state index is 11.8. The second-order valence-corrected chi connectivity index (χ2v) is 4.95. The summed E-state index contributed by atoms with van der Waals surface area (Å²) in [7, 11) is 0. The highest BCUT2D eigenvalue weighted by molar-refractivity contribution is 8.00. The number of hydrogen-bond acceptors (Lipinski definition) is 3. The van der Waals surface area contributed by atoms with Gasteiger partial charge in [-0.25, -0.2) is 0 Å². The van der Waals surface area contributed by atoms with Gasteiger partial charge >= 0.3 is 12.1 Å². The molecule has 0 saturated carbocycles. The Morgan fingerprint density at radius 1 is 1.50 bits per heavy atom. The quantitative estimate of drug-likeness (QED) is 0.769. The minimum atomic E-state index is -4.31. The molecule has 0 fully saturated rings. The van der Waals surface area contributed by atoms with Crippen LogP contribution in [-0.4, -0.2) is 33.8 Å². The van der Waals surface area contributed by atoms with Crippen molar-refractivity contribution in [2.75, 3.05) is 5.75 Å². The Bertz CT molecular complexity index is 217. The van der Waals surface area contributed by atoms with E-state index in [0.717, 1.165) is 0 Å². The topological polar surface area (TPSA) is 63.3 Å². The van der Waals surface area contributed by atoms with E-state index in [4.69, 9.17) is 10.8 Å². The maximum Gasteiger partial charge on any atom is 0.397 e. The molecule has 0 aromatic carbocycles.